The third-order valence-corrected chi connectivity index (χ3v) is 3.58. The van der Waals surface area contributed by atoms with Gasteiger partial charge in [0.1, 0.15) is 5.75 Å². The molecule has 0 unspecified atom stereocenters. The number of amides is 1. The van der Waals surface area contributed by atoms with Gasteiger partial charge in [-0.25, -0.2) is 0 Å². The van der Waals surface area contributed by atoms with Crippen molar-refractivity contribution in [2.75, 3.05) is 11.9 Å². The number of benzene rings is 2. The Labute approximate surface area is 158 Å². The average Bonchev–Trinajstić information content (AvgIpc) is 2.56. The smallest absolute Gasteiger partial charge is 0.262 e. The third kappa shape index (κ3) is 6.50. The van der Waals surface area contributed by atoms with Crippen LogP contribution in [0, 0.1) is 3.57 Å². The summed E-state index contributed by atoms with van der Waals surface area (Å²) < 4.78 is 6.55. The van der Waals surface area contributed by atoms with Crippen molar-refractivity contribution in [1.29, 1.82) is 0 Å². The molecule has 2 aromatic rings. The van der Waals surface area contributed by atoms with Crippen LogP contribution in [0.15, 0.2) is 53.6 Å². The Balaban J connectivity index is 1.81. The fraction of sp³-hybridized carbons (Fsp3) is 0.0625. The van der Waals surface area contributed by atoms with Crippen LogP contribution in [0.5, 0.6) is 5.75 Å². The van der Waals surface area contributed by atoms with Gasteiger partial charge in [-0.1, -0.05) is 0 Å². The molecule has 0 fully saturated rings. The normalized spacial score (nSPS) is 10.4. The number of hydrogen-bond acceptors (Lipinski definition) is 4. The average molecular weight is 454 g/mol. The molecular formula is C16H15IN4O2S. The number of rotatable bonds is 6. The zero-order valence-corrected chi connectivity index (χ0v) is 15.5. The van der Waals surface area contributed by atoms with Crippen molar-refractivity contribution in [3.05, 3.63) is 57.7 Å². The van der Waals surface area contributed by atoms with Gasteiger partial charge in [0.2, 0.25) is 0 Å². The van der Waals surface area contributed by atoms with E-state index in [-0.39, 0.29) is 17.6 Å². The van der Waals surface area contributed by atoms with Crippen LogP contribution in [0.25, 0.3) is 0 Å². The molecule has 0 saturated carbocycles. The highest BCUT2D eigenvalue weighted by Gasteiger charge is 2.03. The van der Waals surface area contributed by atoms with E-state index in [1.165, 1.54) is 0 Å². The van der Waals surface area contributed by atoms with Crippen molar-refractivity contribution < 1.29 is 9.53 Å². The maximum Gasteiger partial charge on any atom is 0.262 e. The lowest BCUT2D eigenvalue weighted by molar-refractivity contribution is -0.118. The second kappa shape index (κ2) is 9.18. The number of ether oxygens (including phenoxy) is 1. The van der Waals surface area contributed by atoms with Crippen molar-refractivity contribution in [2.24, 2.45) is 10.8 Å². The van der Waals surface area contributed by atoms with E-state index in [0.717, 1.165) is 14.8 Å². The van der Waals surface area contributed by atoms with E-state index in [2.05, 4.69) is 50.7 Å². The highest BCUT2D eigenvalue weighted by Crippen LogP contribution is 2.13. The van der Waals surface area contributed by atoms with E-state index < -0.39 is 0 Å². The van der Waals surface area contributed by atoms with Crippen molar-refractivity contribution in [1.82, 2.24) is 5.43 Å². The van der Waals surface area contributed by atoms with Crippen LogP contribution >= 0.6 is 34.8 Å². The van der Waals surface area contributed by atoms with Gasteiger partial charge in [-0.05, 0) is 88.9 Å². The van der Waals surface area contributed by atoms with Gasteiger partial charge in [-0.3, -0.25) is 10.2 Å². The van der Waals surface area contributed by atoms with Crippen LogP contribution in [0.3, 0.4) is 0 Å². The minimum Gasteiger partial charge on any atom is -0.484 e. The van der Waals surface area contributed by atoms with Crippen LogP contribution in [-0.4, -0.2) is 23.8 Å². The van der Waals surface area contributed by atoms with E-state index in [0.29, 0.717) is 5.75 Å². The van der Waals surface area contributed by atoms with Crippen LogP contribution < -0.4 is 21.2 Å². The zero-order valence-electron chi connectivity index (χ0n) is 12.5. The third-order valence-electron chi connectivity index (χ3n) is 2.77. The Kier molecular flexibility index (Phi) is 6.94. The summed E-state index contributed by atoms with van der Waals surface area (Å²) in [5, 5.41) is 6.72. The highest BCUT2D eigenvalue weighted by atomic mass is 127. The lowest BCUT2D eigenvalue weighted by Crippen LogP contribution is -2.23. The SMILES string of the molecule is NC(=S)N/N=C\c1ccc(OCC(=O)Nc2ccc(I)cc2)cc1. The fourth-order valence-corrected chi connectivity index (χ4v) is 2.11. The largest absolute Gasteiger partial charge is 0.484 e. The Morgan fingerprint density at radius 3 is 2.50 bits per heavy atom. The minimum atomic E-state index is -0.220. The molecule has 4 N–H and O–H groups in total. The van der Waals surface area contributed by atoms with E-state index in [1.54, 1.807) is 30.5 Å². The molecule has 8 heteroatoms. The van der Waals surface area contributed by atoms with Crippen LogP contribution in [0.2, 0.25) is 0 Å². The first kappa shape index (κ1) is 18.1. The fourth-order valence-electron chi connectivity index (χ4n) is 1.70. The van der Waals surface area contributed by atoms with E-state index in [9.17, 15) is 4.79 Å². The number of halogens is 1. The molecule has 0 saturated heterocycles. The molecule has 1 amide bonds. The number of nitrogens with two attached hydrogens (primary N) is 1. The van der Waals surface area contributed by atoms with Crippen molar-refractivity contribution in [3.63, 3.8) is 0 Å². The van der Waals surface area contributed by atoms with E-state index in [1.807, 2.05) is 24.3 Å². The van der Waals surface area contributed by atoms with Crippen molar-refractivity contribution in [3.8, 4) is 5.75 Å². The van der Waals surface area contributed by atoms with Gasteiger partial charge in [0.05, 0.1) is 6.21 Å². The van der Waals surface area contributed by atoms with Gasteiger partial charge < -0.3 is 15.8 Å². The summed E-state index contributed by atoms with van der Waals surface area (Å²) in [5.41, 5.74) is 9.31. The van der Waals surface area contributed by atoms with Gasteiger partial charge >= 0.3 is 0 Å². The zero-order chi connectivity index (χ0) is 17.4. The lowest BCUT2D eigenvalue weighted by Gasteiger charge is -2.08. The quantitative estimate of drug-likeness (QED) is 0.270. The maximum atomic E-state index is 11.9. The number of nitrogens with one attached hydrogen (secondary N) is 2. The summed E-state index contributed by atoms with van der Waals surface area (Å²) in [5.74, 6) is 0.370. The first-order valence-electron chi connectivity index (χ1n) is 6.90. The Bertz CT molecular complexity index is 733. The second-order valence-corrected chi connectivity index (χ2v) is 6.33. The molecule has 0 spiro atoms. The Hall–Kier alpha value is -2.20. The molecule has 6 nitrogen and oxygen atoms in total. The van der Waals surface area contributed by atoms with Crippen LogP contribution in [0.4, 0.5) is 5.69 Å². The number of carbonyl (C=O) groups excluding carboxylic acids is 1. The second-order valence-electron chi connectivity index (χ2n) is 4.65. The number of thiocarbonyl (C=S) groups is 1. The molecule has 2 rings (SSSR count). The van der Waals surface area contributed by atoms with E-state index in [4.69, 9.17) is 10.5 Å². The topological polar surface area (TPSA) is 88.7 Å². The summed E-state index contributed by atoms with van der Waals surface area (Å²) in [7, 11) is 0. The molecule has 124 valence electrons. The summed E-state index contributed by atoms with van der Waals surface area (Å²) >= 11 is 6.84. The predicted molar refractivity (Wildman–Crippen MR) is 107 cm³/mol. The van der Waals surface area contributed by atoms with Crippen molar-refractivity contribution in [2.45, 2.75) is 0 Å². The summed E-state index contributed by atoms with van der Waals surface area (Å²) in [6, 6.07) is 14.6. The van der Waals surface area contributed by atoms with Gasteiger partial charge in [-0.2, -0.15) is 5.10 Å². The van der Waals surface area contributed by atoms with Gasteiger partial charge in [-0.15, -0.1) is 0 Å². The Morgan fingerprint density at radius 1 is 1.21 bits per heavy atom. The summed E-state index contributed by atoms with van der Waals surface area (Å²) in [6.45, 7) is -0.0670. The maximum absolute atomic E-state index is 11.9. The number of nitrogens with zero attached hydrogens (tertiary/aromatic N) is 1. The number of carbonyl (C=O) groups is 1. The lowest BCUT2D eigenvalue weighted by atomic mass is 10.2. The number of anilines is 1. The molecule has 24 heavy (non-hydrogen) atoms. The predicted octanol–water partition coefficient (Wildman–Crippen LogP) is 2.48. The standard InChI is InChI=1S/C16H15IN4O2S/c17-12-3-5-13(6-4-12)20-15(22)10-23-14-7-1-11(2-8-14)9-19-21-16(18)24/h1-9H,10H2,(H,20,22)(H3,18,21,24)/b19-9-. The molecule has 0 aliphatic carbocycles. The van der Waals surface area contributed by atoms with Gasteiger partial charge in [0.15, 0.2) is 11.7 Å². The van der Waals surface area contributed by atoms with Crippen LogP contribution in [-0.2, 0) is 4.79 Å². The molecule has 0 aliphatic rings. The van der Waals surface area contributed by atoms with Gasteiger partial charge in [0.25, 0.3) is 5.91 Å². The first-order chi connectivity index (χ1) is 11.5. The number of hydrogen-bond donors (Lipinski definition) is 3. The summed E-state index contributed by atoms with van der Waals surface area (Å²) in [4.78, 5) is 11.9. The molecule has 0 atom stereocenters. The molecule has 0 aliphatic heterocycles. The highest BCUT2D eigenvalue weighted by molar-refractivity contribution is 14.1. The minimum absolute atomic E-state index is 0.0670. The molecular weight excluding hydrogens is 439 g/mol. The molecule has 0 radical (unpaired) electrons. The van der Waals surface area contributed by atoms with E-state index >= 15 is 0 Å². The monoisotopic (exact) mass is 454 g/mol. The number of hydrazone groups is 1. The molecule has 0 aromatic heterocycles. The van der Waals surface area contributed by atoms with Crippen molar-refractivity contribution >= 4 is 57.7 Å². The first-order valence-corrected chi connectivity index (χ1v) is 8.38. The molecule has 0 heterocycles. The Morgan fingerprint density at radius 2 is 1.88 bits per heavy atom. The molecule has 0 bridgehead atoms. The van der Waals surface area contributed by atoms with Gasteiger partial charge in [0, 0.05) is 9.26 Å². The molecule has 2 aromatic carbocycles. The van der Waals surface area contributed by atoms with Crippen LogP contribution in [0.1, 0.15) is 5.56 Å². The summed E-state index contributed by atoms with van der Waals surface area (Å²) in [6.07, 6.45) is 1.58.